The van der Waals surface area contributed by atoms with Crippen LogP contribution in [0.5, 0.6) is 0 Å². The zero-order chi connectivity index (χ0) is 19.2. The van der Waals surface area contributed by atoms with Crippen molar-refractivity contribution in [3.05, 3.63) is 65.5 Å². The monoisotopic (exact) mass is 369 g/mol. The largest absolute Gasteiger partial charge is 0.354 e. The highest BCUT2D eigenvalue weighted by Crippen LogP contribution is 2.28. The predicted octanol–water partition coefficient (Wildman–Crippen LogP) is 2.33. The van der Waals surface area contributed by atoms with Crippen LogP contribution < -0.4 is 16.0 Å². The molecule has 0 saturated heterocycles. The minimum atomic E-state index is -0.597. The van der Waals surface area contributed by atoms with E-state index >= 15 is 0 Å². The molecule has 0 radical (unpaired) electrons. The topological polar surface area (TPSA) is 87.3 Å². The van der Waals surface area contributed by atoms with Gasteiger partial charge < -0.3 is 16.0 Å². The van der Waals surface area contributed by atoms with Crippen LogP contribution in [0.25, 0.3) is 0 Å². The smallest absolute Gasteiger partial charge is 0.258 e. The second kappa shape index (κ2) is 8.44. The normalized spacial score (nSPS) is 12.9. The van der Waals surface area contributed by atoms with E-state index in [4.69, 9.17) is 0 Å². The molecule has 7 heteroatoms. The summed E-state index contributed by atoms with van der Waals surface area (Å²) in [7, 11) is 0. The van der Waals surface area contributed by atoms with Gasteiger partial charge in [0.05, 0.1) is 5.56 Å². The minimum Gasteiger partial charge on any atom is -0.354 e. The Bertz CT molecular complexity index is 848. The van der Waals surface area contributed by atoms with Crippen LogP contribution in [0.2, 0.25) is 0 Å². The number of hydrogen-bond donors (Lipinski definition) is 3. The fraction of sp³-hybridized carbons (Fsp3) is 0.250. The summed E-state index contributed by atoms with van der Waals surface area (Å²) < 4.78 is 13.6. The molecule has 3 rings (SSSR count). The van der Waals surface area contributed by atoms with Crippen molar-refractivity contribution in [3.8, 4) is 0 Å². The Morgan fingerprint density at radius 3 is 2.22 bits per heavy atom. The summed E-state index contributed by atoms with van der Waals surface area (Å²) in [6.45, 7) is 0.723. The summed E-state index contributed by atoms with van der Waals surface area (Å²) in [5.74, 6) is -1.24. The van der Waals surface area contributed by atoms with E-state index in [1.54, 1.807) is 30.3 Å². The maximum atomic E-state index is 13.6. The molecule has 140 valence electrons. The first-order valence-corrected chi connectivity index (χ1v) is 8.76. The van der Waals surface area contributed by atoms with Gasteiger partial charge in [-0.3, -0.25) is 14.4 Å². The first-order valence-electron chi connectivity index (χ1n) is 8.76. The lowest BCUT2D eigenvalue weighted by Gasteiger charge is -2.09. The molecule has 0 bridgehead atoms. The Kier molecular flexibility index (Phi) is 5.80. The highest BCUT2D eigenvalue weighted by atomic mass is 19.1. The Morgan fingerprint density at radius 1 is 0.889 bits per heavy atom. The van der Waals surface area contributed by atoms with Gasteiger partial charge in [-0.25, -0.2) is 4.39 Å². The molecular weight excluding hydrogens is 349 g/mol. The standard InChI is InChI=1S/C20H20FN3O3/c21-17-4-2-1-3-16(17)20(27)24-15-9-7-14(8-10-15)19(26)23-12-11-22-18(25)13-5-6-13/h1-4,7-10,13H,5-6,11-12H2,(H,22,25)(H,23,26)(H,24,27). The summed E-state index contributed by atoms with van der Waals surface area (Å²) in [5.41, 5.74) is 0.830. The Morgan fingerprint density at radius 2 is 1.56 bits per heavy atom. The number of benzene rings is 2. The molecule has 3 N–H and O–H groups in total. The van der Waals surface area contributed by atoms with Crippen molar-refractivity contribution in [2.75, 3.05) is 18.4 Å². The van der Waals surface area contributed by atoms with E-state index in [1.807, 2.05) is 0 Å². The van der Waals surface area contributed by atoms with E-state index in [-0.39, 0.29) is 23.3 Å². The quantitative estimate of drug-likeness (QED) is 0.655. The van der Waals surface area contributed by atoms with Crippen LogP contribution in [0.4, 0.5) is 10.1 Å². The second-order valence-corrected chi connectivity index (χ2v) is 6.33. The molecule has 0 spiro atoms. The fourth-order valence-electron chi connectivity index (χ4n) is 2.50. The molecule has 6 nitrogen and oxygen atoms in total. The summed E-state index contributed by atoms with van der Waals surface area (Å²) >= 11 is 0. The maximum Gasteiger partial charge on any atom is 0.258 e. The van der Waals surface area contributed by atoms with Gasteiger partial charge in [-0.1, -0.05) is 12.1 Å². The van der Waals surface area contributed by atoms with Gasteiger partial charge in [-0.05, 0) is 49.2 Å². The third-order valence-corrected chi connectivity index (χ3v) is 4.18. The first-order chi connectivity index (χ1) is 13.0. The van der Waals surface area contributed by atoms with E-state index in [0.29, 0.717) is 24.3 Å². The van der Waals surface area contributed by atoms with Crippen molar-refractivity contribution >= 4 is 23.4 Å². The summed E-state index contributed by atoms with van der Waals surface area (Å²) in [4.78, 5) is 35.6. The van der Waals surface area contributed by atoms with Gasteiger partial charge in [-0.15, -0.1) is 0 Å². The van der Waals surface area contributed by atoms with Gasteiger partial charge in [0.2, 0.25) is 5.91 Å². The van der Waals surface area contributed by atoms with Crippen molar-refractivity contribution in [1.29, 1.82) is 0 Å². The van der Waals surface area contributed by atoms with Crippen LogP contribution in [0.1, 0.15) is 33.6 Å². The Balaban J connectivity index is 1.47. The molecule has 2 aromatic rings. The highest BCUT2D eigenvalue weighted by Gasteiger charge is 2.28. The lowest BCUT2D eigenvalue weighted by Crippen LogP contribution is -2.35. The summed E-state index contributed by atoms with van der Waals surface area (Å²) in [5, 5.41) is 8.08. The zero-order valence-corrected chi connectivity index (χ0v) is 14.6. The molecule has 0 atom stereocenters. The molecule has 3 amide bonds. The number of halogens is 1. The molecule has 1 aliphatic rings. The average Bonchev–Trinajstić information content (AvgIpc) is 3.51. The molecule has 0 aliphatic heterocycles. The van der Waals surface area contributed by atoms with Crippen LogP contribution in [0.15, 0.2) is 48.5 Å². The predicted molar refractivity (Wildman–Crippen MR) is 98.9 cm³/mol. The van der Waals surface area contributed by atoms with Gasteiger partial charge in [-0.2, -0.15) is 0 Å². The number of carbonyl (C=O) groups is 3. The van der Waals surface area contributed by atoms with Crippen LogP contribution in [0, 0.1) is 11.7 Å². The lowest BCUT2D eigenvalue weighted by molar-refractivity contribution is -0.122. The van der Waals surface area contributed by atoms with Crippen LogP contribution in [0.3, 0.4) is 0 Å². The average molecular weight is 369 g/mol. The summed E-state index contributed by atoms with van der Waals surface area (Å²) in [6, 6.07) is 12.0. The van der Waals surface area contributed by atoms with Crippen molar-refractivity contribution in [1.82, 2.24) is 10.6 Å². The van der Waals surface area contributed by atoms with E-state index in [0.717, 1.165) is 12.8 Å². The Hall–Kier alpha value is -3.22. The Labute approximate surface area is 156 Å². The van der Waals surface area contributed by atoms with Crippen molar-refractivity contribution in [2.45, 2.75) is 12.8 Å². The highest BCUT2D eigenvalue weighted by molar-refractivity contribution is 6.04. The van der Waals surface area contributed by atoms with E-state index < -0.39 is 11.7 Å². The van der Waals surface area contributed by atoms with Crippen LogP contribution >= 0.6 is 0 Å². The van der Waals surface area contributed by atoms with Gasteiger partial charge in [0.25, 0.3) is 11.8 Å². The molecular formula is C20H20FN3O3. The van der Waals surface area contributed by atoms with E-state index in [1.165, 1.54) is 18.2 Å². The molecule has 0 aromatic heterocycles. The number of rotatable bonds is 7. The van der Waals surface area contributed by atoms with Gasteiger partial charge in [0, 0.05) is 30.3 Å². The number of nitrogens with one attached hydrogen (secondary N) is 3. The first kappa shape index (κ1) is 18.6. The molecule has 2 aromatic carbocycles. The molecule has 27 heavy (non-hydrogen) atoms. The minimum absolute atomic E-state index is 0.0409. The SMILES string of the molecule is O=C(NCCNC(=O)C1CC1)c1ccc(NC(=O)c2ccccc2F)cc1. The molecule has 0 unspecified atom stereocenters. The lowest BCUT2D eigenvalue weighted by atomic mass is 10.1. The third-order valence-electron chi connectivity index (χ3n) is 4.18. The van der Waals surface area contributed by atoms with Crippen LogP contribution in [-0.2, 0) is 4.79 Å². The molecule has 1 saturated carbocycles. The van der Waals surface area contributed by atoms with Gasteiger partial charge in [0.1, 0.15) is 5.82 Å². The van der Waals surface area contributed by atoms with Crippen molar-refractivity contribution in [3.63, 3.8) is 0 Å². The number of carbonyl (C=O) groups excluding carboxylic acids is 3. The van der Waals surface area contributed by atoms with Crippen LogP contribution in [-0.4, -0.2) is 30.8 Å². The zero-order valence-electron chi connectivity index (χ0n) is 14.6. The number of hydrogen-bond acceptors (Lipinski definition) is 3. The second-order valence-electron chi connectivity index (χ2n) is 6.33. The maximum absolute atomic E-state index is 13.6. The number of anilines is 1. The van der Waals surface area contributed by atoms with E-state index in [2.05, 4.69) is 16.0 Å². The molecule has 0 heterocycles. The van der Waals surface area contributed by atoms with E-state index in [9.17, 15) is 18.8 Å². The van der Waals surface area contributed by atoms with Crippen molar-refractivity contribution in [2.24, 2.45) is 5.92 Å². The van der Waals surface area contributed by atoms with Crippen molar-refractivity contribution < 1.29 is 18.8 Å². The van der Waals surface area contributed by atoms with Gasteiger partial charge >= 0.3 is 0 Å². The third kappa shape index (κ3) is 5.13. The molecule has 1 fully saturated rings. The summed E-state index contributed by atoms with van der Waals surface area (Å²) in [6.07, 6.45) is 1.88. The van der Waals surface area contributed by atoms with Gasteiger partial charge in [0.15, 0.2) is 0 Å². The molecule has 1 aliphatic carbocycles. The number of amides is 3. The fourth-order valence-corrected chi connectivity index (χ4v) is 2.50.